The first-order valence-corrected chi connectivity index (χ1v) is 6.88. The van der Waals surface area contributed by atoms with E-state index in [0.29, 0.717) is 30.0 Å². The van der Waals surface area contributed by atoms with Crippen LogP contribution in [0.3, 0.4) is 0 Å². The maximum Gasteiger partial charge on any atom is 0.227 e. The third-order valence-electron chi connectivity index (χ3n) is 4.03. The minimum absolute atomic E-state index is 0.0925. The molecule has 0 aliphatic carbocycles. The summed E-state index contributed by atoms with van der Waals surface area (Å²) in [5.41, 5.74) is 2.40. The van der Waals surface area contributed by atoms with Gasteiger partial charge >= 0.3 is 0 Å². The first-order valence-electron chi connectivity index (χ1n) is 6.88. The van der Waals surface area contributed by atoms with Gasteiger partial charge in [-0.15, -0.1) is 0 Å². The lowest BCUT2D eigenvalue weighted by molar-refractivity contribution is -0.119. The lowest BCUT2D eigenvalue weighted by Crippen LogP contribution is -2.13. The highest BCUT2D eigenvalue weighted by Gasteiger charge is 2.27. The Balaban J connectivity index is 2.04. The van der Waals surface area contributed by atoms with Gasteiger partial charge in [0.05, 0.1) is 7.11 Å². The average molecular weight is 282 g/mol. The number of ether oxygens (including phenoxy) is 1. The molecule has 1 amide bonds. The van der Waals surface area contributed by atoms with Crippen molar-refractivity contribution in [1.82, 2.24) is 10.3 Å². The summed E-state index contributed by atoms with van der Waals surface area (Å²) < 4.78 is 11.3. The van der Waals surface area contributed by atoms with Gasteiger partial charge in [0.2, 0.25) is 11.6 Å². The smallest absolute Gasteiger partial charge is 0.227 e. The van der Waals surface area contributed by atoms with E-state index < -0.39 is 0 Å². The molecule has 5 nitrogen and oxygen atoms in total. The largest absolute Gasteiger partial charge is 0.493 e. The summed E-state index contributed by atoms with van der Waals surface area (Å²) in [5.74, 6) is 0.936. The van der Waals surface area contributed by atoms with Gasteiger partial charge in [-0.3, -0.25) is 4.79 Å². The monoisotopic (exact) mass is 282 g/mol. The van der Waals surface area contributed by atoms with Crippen LogP contribution in [0.15, 0.2) is 34.9 Å². The fraction of sp³-hybridized carbons (Fsp3) is 0.250. The fourth-order valence-corrected chi connectivity index (χ4v) is 3.04. The van der Waals surface area contributed by atoms with Gasteiger partial charge in [0.1, 0.15) is 0 Å². The van der Waals surface area contributed by atoms with Crippen LogP contribution in [0.1, 0.15) is 17.9 Å². The molecule has 1 aromatic carbocycles. The van der Waals surface area contributed by atoms with Crippen LogP contribution in [-0.4, -0.2) is 24.5 Å². The number of nitrogens with one attached hydrogen (secondary N) is 1. The second kappa shape index (κ2) is 4.48. The van der Waals surface area contributed by atoms with E-state index in [1.165, 1.54) is 0 Å². The van der Waals surface area contributed by atoms with Crippen LogP contribution in [-0.2, 0) is 4.79 Å². The normalized spacial score (nSPS) is 18.3. The number of rotatable bonds is 2. The summed E-state index contributed by atoms with van der Waals surface area (Å²) in [6.45, 7) is 0.660. The molecule has 0 spiro atoms. The summed E-state index contributed by atoms with van der Waals surface area (Å²) >= 11 is 0. The van der Waals surface area contributed by atoms with Crippen molar-refractivity contribution in [3.8, 4) is 5.75 Å². The van der Waals surface area contributed by atoms with Crippen molar-refractivity contribution in [2.45, 2.75) is 12.3 Å². The van der Waals surface area contributed by atoms with Crippen LogP contribution in [0.25, 0.3) is 22.1 Å². The number of benzene rings is 1. The third-order valence-corrected chi connectivity index (χ3v) is 4.03. The highest BCUT2D eigenvalue weighted by atomic mass is 16.5. The zero-order chi connectivity index (χ0) is 14.4. The minimum Gasteiger partial charge on any atom is -0.493 e. The SMILES string of the molecule is COc1ccc(C2CNC(=O)C2)c2c1oc1ncccc12. The number of nitrogens with zero attached hydrogens (tertiary/aromatic N) is 1. The Bertz CT molecular complexity index is 853. The highest BCUT2D eigenvalue weighted by Crippen LogP contribution is 2.40. The fourth-order valence-electron chi connectivity index (χ4n) is 3.04. The van der Waals surface area contributed by atoms with Crippen molar-refractivity contribution in [2.75, 3.05) is 13.7 Å². The molecule has 2 aromatic heterocycles. The maximum absolute atomic E-state index is 11.5. The molecule has 3 aromatic rings. The molecule has 4 rings (SSSR count). The molecule has 0 radical (unpaired) electrons. The zero-order valence-electron chi connectivity index (χ0n) is 11.6. The van der Waals surface area contributed by atoms with Crippen molar-refractivity contribution >= 4 is 28.0 Å². The van der Waals surface area contributed by atoms with E-state index in [-0.39, 0.29) is 11.8 Å². The van der Waals surface area contributed by atoms with Gasteiger partial charge < -0.3 is 14.5 Å². The van der Waals surface area contributed by atoms with Crippen LogP contribution in [0.5, 0.6) is 5.75 Å². The molecular formula is C16H14N2O3. The number of amides is 1. The third kappa shape index (κ3) is 1.77. The Kier molecular flexibility index (Phi) is 2.60. The number of pyridine rings is 1. The standard InChI is InChI=1S/C16H14N2O3/c1-20-12-5-4-10(9-7-13(19)18-8-9)14-11-3-2-6-17-16(11)21-15(12)14/h2-6,9H,7-8H2,1H3,(H,18,19). The van der Waals surface area contributed by atoms with Crippen molar-refractivity contribution in [2.24, 2.45) is 0 Å². The molecule has 0 bridgehead atoms. The second-order valence-electron chi connectivity index (χ2n) is 5.22. The molecule has 1 N–H and O–H groups in total. The van der Waals surface area contributed by atoms with Crippen LogP contribution in [0.4, 0.5) is 0 Å². The van der Waals surface area contributed by atoms with Crippen LogP contribution in [0, 0.1) is 0 Å². The lowest BCUT2D eigenvalue weighted by Gasteiger charge is -2.11. The number of methoxy groups -OCH3 is 1. The molecule has 0 saturated carbocycles. The summed E-state index contributed by atoms with van der Waals surface area (Å²) in [6, 6.07) is 7.79. The topological polar surface area (TPSA) is 64.4 Å². The Morgan fingerprint density at radius 3 is 3.05 bits per heavy atom. The number of hydrogen-bond acceptors (Lipinski definition) is 4. The maximum atomic E-state index is 11.5. The van der Waals surface area contributed by atoms with E-state index in [2.05, 4.69) is 10.3 Å². The Morgan fingerprint density at radius 2 is 2.29 bits per heavy atom. The lowest BCUT2D eigenvalue weighted by atomic mass is 9.93. The minimum atomic E-state index is 0.0925. The van der Waals surface area contributed by atoms with Crippen molar-refractivity contribution < 1.29 is 13.9 Å². The van der Waals surface area contributed by atoms with Gasteiger partial charge in [0.15, 0.2) is 11.3 Å². The molecule has 106 valence electrons. The predicted molar refractivity (Wildman–Crippen MR) is 78.4 cm³/mol. The van der Waals surface area contributed by atoms with Gasteiger partial charge in [0, 0.05) is 35.9 Å². The molecule has 21 heavy (non-hydrogen) atoms. The Labute approximate surface area is 120 Å². The van der Waals surface area contributed by atoms with Gasteiger partial charge in [-0.25, -0.2) is 4.98 Å². The van der Waals surface area contributed by atoms with E-state index in [0.717, 1.165) is 16.3 Å². The van der Waals surface area contributed by atoms with E-state index in [1.54, 1.807) is 13.3 Å². The molecule has 5 heteroatoms. The Hall–Kier alpha value is -2.56. The van der Waals surface area contributed by atoms with Gasteiger partial charge in [-0.2, -0.15) is 0 Å². The van der Waals surface area contributed by atoms with E-state index in [4.69, 9.17) is 9.15 Å². The first-order chi connectivity index (χ1) is 10.3. The predicted octanol–water partition coefficient (Wildman–Crippen LogP) is 2.59. The van der Waals surface area contributed by atoms with Crippen LogP contribution >= 0.6 is 0 Å². The number of hydrogen-bond donors (Lipinski definition) is 1. The van der Waals surface area contributed by atoms with E-state index in [1.807, 2.05) is 24.3 Å². The van der Waals surface area contributed by atoms with Gasteiger partial charge in [0.25, 0.3) is 0 Å². The van der Waals surface area contributed by atoms with E-state index >= 15 is 0 Å². The Morgan fingerprint density at radius 1 is 1.38 bits per heavy atom. The molecule has 1 unspecified atom stereocenters. The number of aromatic nitrogens is 1. The number of fused-ring (bicyclic) bond motifs is 3. The molecule has 1 aliphatic heterocycles. The average Bonchev–Trinajstić information content (AvgIpc) is 3.10. The molecule has 3 heterocycles. The van der Waals surface area contributed by atoms with Crippen LogP contribution < -0.4 is 10.1 Å². The van der Waals surface area contributed by atoms with Gasteiger partial charge in [-0.05, 0) is 23.8 Å². The summed E-state index contributed by atoms with van der Waals surface area (Å²) in [7, 11) is 1.62. The van der Waals surface area contributed by atoms with E-state index in [9.17, 15) is 4.79 Å². The number of carbonyl (C=O) groups is 1. The quantitative estimate of drug-likeness (QED) is 0.784. The molecule has 1 fully saturated rings. The molecule has 1 atom stereocenters. The molecule has 1 saturated heterocycles. The molecule has 1 aliphatic rings. The zero-order valence-corrected chi connectivity index (χ0v) is 11.6. The second-order valence-corrected chi connectivity index (χ2v) is 5.22. The van der Waals surface area contributed by atoms with Gasteiger partial charge in [-0.1, -0.05) is 6.07 Å². The van der Waals surface area contributed by atoms with Crippen molar-refractivity contribution in [3.63, 3.8) is 0 Å². The number of furan rings is 1. The van der Waals surface area contributed by atoms with Crippen molar-refractivity contribution in [1.29, 1.82) is 0 Å². The number of carbonyl (C=O) groups excluding carboxylic acids is 1. The summed E-state index contributed by atoms with van der Waals surface area (Å²) in [6.07, 6.45) is 2.21. The summed E-state index contributed by atoms with van der Waals surface area (Å²) in [5, 5.41) is 4.84. The van der Waals surface area contributed by atoms with Crippen molar-refractivity contribution in [3.05, 3.63) is 36.0 Å². The first kappa shape index (κ1) is 12.2. The highest BCUT2D eigenvalue weighted by molar-refractivity contribution is 6.08. The molecular weight excluding hydrogens is 268 g/mol. The van der Waals surface area contributed by atoms with Crippen LogP contribution in [0.2, 0.25) is 0 Å². The summed E-state index contributed by atoms with van der Waals surface area (Å²) in [4.78, 5) is 15.8.